The van der Waals surface area contributed by atoms with E-state index in [0.717, 1.165) is 0 Å². The summed E-state index contributed by atoms with van der Waals surface area (Å²) >= 11 is 0. The van der Waals surface area contributed by atoms with E-state index in [4.69, 9.17) is 11.5 Å². The van der Waals surface area contributed by atoms with Gasteiger partial charge in [0, 0.05) is 18.2 Å². The van der Waals surface area contributed by atoms with E-state index in [-0.39, 0.29) is 22.8 Å². The number of rotatable bonds is 13. The first-order valence-electron chi connectivity index (χ1n) is 13.2. The Bertz CT molecular complexity index is 1290. The van der Waals surface area contributed by atoms with E-state index in [0.29, 0.717) is 37.1 Å². The predicted octanol–water partition coefficient (Wildman–Crippen LogP) is 1.96. The number of unbranched alkanes of at least 4 members (excludes halogenated alkanes) is 1. The van der Waals surface area contributed by atoms with Crippen molar-refractivity contribution in [2.75, 3.05) is 11.9 Å². The SMILES string of the molecule is CC(=O)N[C@@H](CCCCN)C(=O)Nc1ccc(C(=O)N[C@H](C(N)=O)C(C(=O)O)C(C)(C)C)c(-c2cccc(O)c2)c1. The van der Waals surface area contributed by atoms with Crippen LogP contribution in [-0.2, 0) is 19.2 Å². The van der Waals surface area contributed by atoms with Gasteiger partial charge < -0.3 is 37.6 Å². The molecule has 1 unspecified atom stereocenters. The van der Waals surface area contributed by atoms with Crippen molar-refractivity contribution in [1.82, 2.24) is 10.6 Å². The number of carboxylic acids is 1. The fourth-order valence-electron chi connectivity index (χ4n) is 4.52. The second-order valence-electron chi connectivity index (χ2n) is 10.9. The highest BCUT2D eigenvalue weighted by Gasteiger charge is 2.42. The van der Waals surface area contributed by atoms with Crippen LogP contribution < -0.4 is 27.4 Å². The van der Waals surface area contributed by atoms with E-state index in [9.17, 15) is 34.2 Å². The molecule has 0 heterocycles. The smallest absolute Gasteiger partial charge is 0.309 e. The van der Waals surface area contributed by atoms with Crippen molar-refractivity contribution in [3.63, 3.8) is 0 Å². The second kappa shape index (κ2) is 14.3. The Morgan fingerprint density at radius 2 is 1.66 bits per heavy atom. The van der Waals surface area contributed by atoms with E-state index >= 15 is 0 Å². The van der Waals surface area contributed by atoms with Crippen molar-refractivity contribution in [2.24, 2.45) is 22.8 Å². The van der Waals surface area contributed by atoms with Gasteiger partial charge in [0.1, 0.15) is 17.8 Å². The lowest BCUT2D eigenvalue weighted by Gasteiger charge is -2.32. The molecule has 0 spiro atoms. The lowest BCUT2D eigenvalue weighted by Crippen LogP contribution is -2.55. The van der Waals surface area contributed by atoms with Crippen molar-refractivity contribution in [1.29, 1.82) is 0 Å². The third kappa shape index (κ3) is 9.31. The maximum atomic E-state index is 13.5. The number of benzene rings is 2. The minimum atomic E-state index is -1.52. The van der Waals surface area contributed by atoms with Gasteiger partial charge in [-0.2, -0.15) is 0 Å². The third-order valence-electron chi connectivity index (χ3n) is 6.46. The minimum absolute atomic E-state index is 0.0410. The predicted molar refractivity (Wildman–Crippen MR) is 154 cm³/mol. The topological polar surface area (TPSA) is 214 Å². The lowest BCUT2D eigenvalue weighted by atomic mass is 9.76. The fourth-order valence-corrected chi connectivity index (χ4v) is 4.52. The Hall–Kier alpha value is -4.45. The van der Waals surface area contributed by atoms with Crippen molar-refractivity contribution < 1.29 is 34.2 Å². The van der Waals surface area contributed by atoms with Crippen LogP contribution in [0.4, 0.5) is 5.69 Å². The molecule has 0 bridgehead atoms. The first kappa shape index (κ1) is 32.8. The van der Waals surface area contributed by atoms with Gasteiger partial charge in [-0.1, -0.05) is 32.9 Å². The van der Waals surface area contributed by atoms with Crippen molar-refractivity contribution in [2.45, 2.75) is 59.0 Å². The Labute approximate surface area is 238 Å². The first-order chi connectivity index (χ1) is 19.1. The number of carboxylic acid groups (broad SMARTS) is 1. The van der Waals surface area contributed by atoms with Crippen LogP contribution in [0, 0.1) is 11.3 Å². The van der Waals surface area contributed by atoms with Crippen LogP contribution in [0.25, 0.3) is 11.1 Å². The number of nitrogens with one attached hydrogen (secondary N) is 3. The molecule has 41 heavy (non-hydrogen) atoms. The zero-order chi connectivity index (χ0) is 30.9. The quantitative estimate of drug-likeness (QED) is 0.177. The second-order valence-corrected chi connectivity index (χ2v) is 10.9. The Kier molecular flexibility index (Phi) is 11.4. The molecule has 0 aliphatic heterocycles. The zero-order valence-electron chi connectivity index (χ0n) is 23.7. The number of carbonyl (C=O) groups is 5. The highest BCUT2D eigenvalue weighted by atomic mass is 16.4. The highest BCUT2D eigenvalue weighted by Crippen LogP contribution is 2.32. The summed E-state index contributed by atoms with van der Waals surface area (Å²) in [5, 5.41) is 27.7. The summed E-state index contributed by atoms with van der Waals surface area (Å²) in [5.74, 6) is -5.34. The molecule has 0 aromatic heterocycles. The van der Waals surface area contributed by atoms with Gasteiger partial charge in [0.05, 0.1) is 5.92 Å². The number of phenols is 1. The Balaban J connectivity index is 2.50. The molecule has 0 fully saturated rings. The summed E-state index contributed by atoms with van der Waals surface area (Å²) < 4.78 is 0. The number of hydrogen-bond acceptors (Lipinski definition) is 7. The first-order valence-corrected chi connectivity index (χ1v) is 13.2. The van der Waals surface area contributed by atoms with E-state index < -0.39 is 47.1 Å². The monoisotopic (exact) mass is 569 g/mol. The number of carbonyl (C=O) groups excluding carboxylic acids is 4. The molecule has 4 amide bonds. The van der Waals surface area contributed by atoms with Crippen LogP contribution in [0.3, 0.4) is 0 Å². The molecule has 0 saturated heterocycles. The van der Waals surface area contributed by atoms with Gasteiger partial charge >= 0.3 is 5.97 Å². The molecular formula is C29H39N5O7. The minimum Gasteiger partial charge on any atom is -0.508 e. The number of aliphatic carboxylic acids is 1. The molecule has 2 rings (SSSR count). The van der Waals surface area contributed by atoms with Crippen molar-refractivity contribution in [3.8, 4) is 16.9 Å². The van der Waals surface area contributed by atoms with Crippen LogP contribution in [0.15, 0.2) is 42.5 Å². The van der Waals surface area contributed by atoms with Crippen LogP contribution >= 0.6 is 0 Å². The lowest BCUT2D eigenvalue weighted by molar-refractivity contribution is -0.149. The number of hydrogen-bond donors (Lipinski definition) is 7. The third-order valence-corrected chi connectivity index (χ3v) is 6.46. The van der Waals surface area contributed by atoms with Gasteiger partial charge in [-0.15, -0.1) is 0 Å². The highest BCUT2D eigenvalue weighted by molar-refractivity contribution is 6.05. The molecule has 0 radical (unpaired) electrons. The molecule has 2 aromatic carbocycles. The number of phenolic OH excluding ortho intramolecular Hbond substituents is 1. The van der Waals surface area contributed by atoms with Crippen molar-refractivity contribution in [3.05, 3.63) is 48.0 Å². The van der Waals surface area contributed by atoms with Crippen LogP contribution in [0.2, 0.25) is 0 Å². The molecule has 0 aliphatic rings. The van der Waals surface area contributed by atoms with Gasteiger partial charge in [0.25, 0.3) is 5.91 Å². The van der Waals surface area contributed by atoms with Crippen molar-refractivity contribution >= 4 is 35.3 Å². The summed E-state index contributed by atoms with van der Waals surface area (Å²) in [6.45, 7) is 6.62. The maximum absolute atomic E-state index is 13.5. The number of aromatic hydroxyl groups is 1. The molecule has 12 heteroatoms. The largest absolute Gasteiger partial charge is 0.508 e. The van der Waals surface area contributed by atoms with Crippen LogP contribution in [0.5, 0.6) is 5.75 Å². The molecule has 2 aromatic rings. The number of nitrogens with two attached hydrogens (primary N) is 2. The van der Waals surface area contributed by atoms with E-state index in [1.165, 1.54) is 37.3 Å². The Morgan fingerprint density at radius 3 is 2.20 bits per heavy atom. The van der Waals surface area contributed by atoms with Gasteiger partial charge in [0.2, 0.25) is 17.7 Å². The summed E-state index contributed by atoms with van der Waals surface area (Å²) in [7, 11) is 0. The van der Waals surface area contributed by atoms with E-state index in [1.54, 1.807) is 32.9 Å². The molecule has 12 nitrogen and oxygen atoms in total. The van der Waals surface area contributed by atoms with Gasteiger partial charge in [-0.3, -0.25) is 24.0 Å². The van der Waals surface area contributed by atoms with E-state index in [2.05, 4.69) is 16.0 Å². The summed E-state index contributed by atoms with van der Waals surface area (Å²) in [5.41, 5.74) is 11.2. The standard InChI is InChI=1S/C29H39N5O7/c1-16(35)32-22(10-5-6-13-30)27(39)33-18-11-12-20(21(15-18)17-8-7-9-19(36)14-17)26(38)34-24(25(31)37)23(28(40)41)29(2,3)4/h7-9,11-12,14-15,22-24,36H,5-6,10,13,30H2,1-4H3,(H2,31,37)(H,32,35)(H,33,39)(H,34,38)(H,40,41)/t22-,23?,24-/m0/s1. The number of amides is 4. The molecule has 0 aliphatic carbocycles. The van der Waals surface area contributed by atoms with Gasteiger partial charge in [-0.05, 0) is 72.7 Å². The fraction of sp³-hybridized carbons (Fsp3) is 0.414. The normalized spacial score (nSPS) is 13.4. The number of primary amides is 1. The summed E-state index contributed by atoms with van der Waals surface area (Å²) in [4.78, 5) is 62.5. The molecule has 3 atom stereocenters. The van der Waals surface area contributed by atoms with Crippen LogP contribution in [-0.4, -0.2) is 58.4 Å². The van der Waals surface area contributed by atoms with Gasteiger partial charge in [-0.25, -0.2) is 0 Å². The zero-order valence-corrected chi connectivity index (χ0v) is 23.7. The molecule has 0 saturated carbocycles. The Morgan fingerprint density at radius 1 is 0.976 bits per heavy atom. The maximum Gasteiger partial charge on any atom is 0.309 e. The van der Waals surface area contributed by atoms with E-state index in [1.807, 2.05) is 0 Å². The summed E-state index contributed by atoms with van der Waals surface area (Å²) in [6, 6.07) is 8.07. The molecular weight excluding hydrogens is 530 g/mol. The van der Waals surface area contributed by atoms with Gasteiger partial charge in [0.15, 0.2) is 0 Å². The van der Waals surface area contributed by atoms with Crippen LogP contribution in [0.1, 0.15) is 57.3 Å². The summed E-state index contributed by atoms with van der Waals surface area (Å²) in [6.07, 6.45) is 1.67. The average Bonchev–Trinajstić information content (AvgIpc) is 2.86. The molecule has 222 valence electrons. The number of anilines is 1. The molecule has 9 N–H and O–H groups in total. The average molecular weight is 570 g/mol.